The van der Waals surface area contributed by atoms with E-state index in [9.17, 15) is 57.8 Å². The molecule has 0 saturated carbocycles. The molecule has 0 aliphatic carbocycles. The Labute approximate surface area is 458 Å². The number of hydrogen-bond donors (Lipinski definition) is 5. The third-order valence-electron chi connectivity index (χ3n) is 7.57. The van der Waals surface area contributed by atoms with E-state index < -0.39 is 91.8 Å². The molecular weight excluding hydrogens is 1560 g/mol. The summed E-state index contributed by atoms with van der Waals surface area (Å²) in [5.74, 6) is -7.60. The molecule has 0 saturated heterocycles. The fraction of sp³-hybridized carbons (Fsp3) is 0.395. The summed E-state index contributed by atoms with van der Waals surface area (Å²) in [6, 6.07) is 0. The number of carbonyl (C=O) groups excluding carboxylic acids is 9. The fourth-order valence-electron chi connectivity index (χ4n) is 4.80. The molecule has 2 rings (SSSR count). The number of carboxylic acids is 2. The Morgan fingerprint density at radius 1 is 0.455 bits per heavy atom. The van der Waals surface area contributed by atoms with Crippen molar-refractivity contribution >= 4 is 224 Å². The summed E-state index contributed by atoms with van der Waals surface area (Å²) in [6.45, 7) is 3.46. The lowest BCUT2D eigenvalue weighted by Crippen LogP contribution is -2.39. The fourth-order valence-corrected chi connectivity index (χ4v) is 13.6. The van der Waals surface area contributed by atoms with E-state index in [1.54, 1.807) is 0 Å². The minimum atomic E-state index is -1.04. The third kappa shape index (κ3) is 21.5. The molecular formula is C38H40I6N4O18. The molecule has 0 fully saturated rings. The van der Waals surface area contributed by atoms with Gasteiger partial charge in [-0.25, -0.2) is 0 Å². The number of nitrogens with one attached hydrogen (secondary N) is 3. The van der Waals surface area contributed by atoms with Gasteiger partial charge < -0.3 is 54.7 Å². The van der Waals surface area contributed by atoms with E-state index in [1.807, 2.05) is 136 Å². The summed E-state index contributed by atoms with van der Waals surface area (Å²) in [5, 5.41) is 26.2. The predicted molar refractivity (Wildman–Crippen MR) is 283 cm³/mol. The smallest absolute Gasteiger partial charge is 0.303 e. The molecule has 0 spiro atoms. The van der Waals surface area contributed by atoms with Gasteiger partial charge in [0.05, 0.1) is 36.4 Å². The zero-order valence-electron chi connectivity index (χ0n) is 35.2. The van der Waals surface area contributed by atoms with Crippen LogP contribution in [0, 0.1) is 21.4 Å². The number of ether oxygens (including phenoxy) is 5. The number of carboxylic acid groups (broad SMARTS) is 2. The maximum atomic E-state index is 13.1. The second-order valence-corrected chi connectivity index (χ2v) is 19.2. The summed E-state index contributed by atoms with van der Waals surface area (Å²) in [6.07, 6.45) is -0.142. The van der Waals surface area contributed by atoms with Crippen molar-refractivity contribution in [2.45, 2.75) is 60.3 Å². The number of nitrogens with zero attached hydrogens (tertiary/aromatic N) is 1. The molecule has 0 radical (unpaired) electrons. The van der Waals surface area contributed by atoms with Gasteiger partial charge in [0.25, 0.3) is 23.6 Å². The van der Waals surface area contributed by atoms with Gasteiger partial charge in [-0.1, -0.05) is 0 Å². The molecule has 2 aromatic rings. The third-order valence-corrected chi connectivity index (χ3v) is 14.4. The van der Waals surface area contributed by atoms with Gasteiger partial charge in [0.2, 0.25) is 0 Å². The molecule has 0 unspecified atom stereocenters. The first-order valence-corrected chi connectivity index (χ1v) is 24.9. The van der Waals surface area contributed by atoms with Gasteiger partial charge in [-0.3, -0.25) is 52.7 Å². The Morgan fingerprint density at radius 2 is 0.773 bits per heavy atom. The van der Waals surface area contributed by atoms with E-state index in [0.717, 1.165) is 13.8 Å². The lowest BCUT2D eigenvalue weighted by Gasteiger charge is -2.28. The number of benzene rings is 2. The summed E-state index contributed by atoms with van der Waals surface area (Å²) in [7, 11) is 0. The number of aliphatic carboxylic acids is 2. The van der Waals surface area contributed by atoms with E-state index in [1.165, 1.54) is 25.7 Å². The van der Waals surface area contributed by atoms with Gasteiger partial charge in [-0.15, -0.1) is 0 Å². The quantitative estimate of drug-likeness (QED) is 0.0624. The largest absolute Gasteiger partial charge is 0.481 e. The molecule has 0 aliphatic rings. The molecule has 2 aromatic carbocycles. The molecule has 362 valence electrons. The minimum absolute atomic E-state index is 0.0819. The number of anilines is 4. The van der Waals surface area contributed by atoms with Gasteiger partial charge in [0.15, 0.2) is 26.4 Å². The topological polar surface area (TPSA) is 314 Å². The Bertz CT molecular complexity index is 2200. The highest BCUT2D eigenvalue weighted by Gasteiger charge is 2.29. The molecule has 0 bridgehead atoms. The zero-order valence-corrected chi connectivity index (χ0v) is 48.2. The minimum Gasteiger partial charge on any atom is -0.481 e. The number of carbonyl (C=O) groups is 11. The molecule has 66 heavy (non-hydrogen) atoms. The average molecular weight is 1600 g/mol. The zero-order chi connectivity index (χ0) is 50.6. The highest BCUT2D eigenvalue weighted by molar-refractivity contribution is 14.1. The second kappa shape index (κ2) is 30.5. The van der Waals surface area contributed by atoms with Crippen LogP contribution in [0.4, 0.5) is 22.7 Å². The van der Waals surface area contributed by atoms with E-state index in [0.29, 0.717) is 49.6 Å². The monoisotopic (exact) mass is 1600 g/mol. The SMILES string of the molecule is CC(=O)OCC(=O)Nc1c(I)c(CCC(=O)O)c(I)c(NC(=O)COC(C)=O)c1I.CC(=O)OCCN(C(=O)COC(C)=O)c1c(I)c(CCC(=O)O)c(I)c(NC(=O)COC(C)=O)c1I. The van der Waals surface area contributed by atoms with Crippen molar-refractivity contribution in [3.8, 4) is 0 Å². The van der Waals surface area contributed by atoms with Gasteiger partial charge in [0.1, 0.15) is 6.61 Å². The van der Waals surface area contributed by atoms with Crippen LogP contribution >= 0.6 is 136 Å². The number of halogens is 6. The van der Waals surface area contributed by atoms with Crippen LogP contribution in [0.25, 0.3) is 0 Å². The number of esters is 5. The van der Waals surface area contributed by atoms with Crippen LogP contribution in [0.3, 0.4) is 0 Å². The van der Waals surface area contributed by atoms with Gasteiger partial charge in [0, 0.05) is 61.7 Å². The molecule has 0 atom stereocenters. The number of hydrogen-bond acceptors (Lipinski definition) is 16. The van der Waals surface area contributed by atoms with Gasteiger partial charge in [-0.2, -0.15) is 0 Å². The van der Waals surface area contributed by atoms with Crippen LogP contribution in [0.2, 0.25) is 0 Å². The van der Waals surface area contributed by atoms with Crippen molar-refractivity contribution < 1.29 is 86.6 Å². The lowest BCUT2D eigenvalue weighted by atomic mass is 10.1. The van der Waals surface area contributed by atoms with Crippen molar-refractivity contribution in [2.75, 3.05) is 60.4 Å². The van der Waals surface area contributed by atoms with E-state index in [2.05, 4.69) is 25.4 Å². The van der Waals surface area contributed by atoms with Crippen molar-refractivity contribution in [1.82, 2.24) is 0 Å². The first-order chi connectivity index (χ1) is 30.7. The Balaban J connectivity index is 0.000000671. The summed E-state index contributed by atoms with van der Waals surface area (Å²) in [4.78, 5) is 129. The molecule has 28 heteroatoms. The van der Waals surface area contributed by atoms with Crippen molar-refractivity contribution in [1.29, 1.82) is 0 Å². The standard InChI is InChI=1S/C21H23I3N2O10.C17H17I3N2O8/c1-10(27)34-7-6-26(15(31)9-36-12(3)29)21-18(23)13(4-5-16(32)33)17(22)20(19(21)24)25-14(30)8-35-11(2)28;1-7(23)29-5-10(25)21-16-13(18)9(3-4-12(27)28)14(19)17(15(16)20)22-11(26)6-30-8(2)24/h4-9H2,1-3H3,(H,25,30)(H,32,33);3-6H2,1-2H3,(H,21,25)(H,22,26)(H,27,28). The van der Waals surface area contributed by atoms with Crippen LogP contribution in [-0.4, -0.2) is 115 Å². The van der Waals surface area contributed by atoms with Crippen molar-refractivity contribution in [3.05, 3.63) is 32.5 Å². The summed E-state index contributed by atoms with van der Waals surface area (Å²) >= 11 is 11.8. The highest BCUT2D eigenvalue weighted by atomic mass is 127. The molecule has 0 aromatic heterocycles. The molecule has 5 N–H and O–H groups in total. The number of amides is 4. The molecule has 4 amide bonds. The first kappa shape index (κ1) is 61.0. The Kier molecular flexibility index (Phi) is 28.2. The van der Waals surface area contributed by atoms with Crippen LogP contribution in [0.1, 0.15) is 58.6 Å². The maximum Gasteiger partial charge on any atom is 0.303 e. The van der Waals surface area contributed by atoms with Crippen molar-refractivity contribution in [2.24, 2.45) is 0 Å². The molecule has 0 aliphatic heterocycles. The second-order valence-electron chi connectivity index (χ2n) is 12.8. The molecule has 0 heterocycles. The highest BCUT2D eigenvalue weighted by Crippen LogP contribution is 2.42. The van der Waals surface area contributed by atoms with Crippen LogP contribution in [-0.2, 0) is 89.3 Å². The van der Waals surface area contributed by atoms with Crippen LogP contribution < -0.4 is 20.9 Å². The molecule has 22 nitrogen and oxygen atoms in total. The van der Waals surface area contributed by atoms with Gasteiger partial charge >= 0.3 is 41.8 Å². The maximum absolute atomic E-state index is 13.1. The lowest BCUT2D eigenvalue weighted by molar-refractivity contribution is -0.145. The van der Waals surface area contributed by atoms with Crippen molar-refractivity contribution in [3.63, 3.8) is 0 Å². The van der Waals surface area contributed by atoms with E-state index in [-0.39, 0.29) is 44.5 Å². The van der Waals surface area contributed by atoms with E-state index >= 15 is 0 Å². The number of rotatable bonds is 21. The van der Waals surface area contributed by atoms with Crippen LogP contribution in [0.15, 0.2) is 0 Å². The first-order valence-electron chi connectivity index (χ1n) is 18.4. The van der Waals surface area contributed by atoms with E-state index in [4.69, 9.17) is 19.3 Å². The van der Waals surface area contributed by atoms with Gasteiger partial charge in [-0.05, 0) is 160 Å². The van der Waals surface area contributed by atoms with Crippen LogP contribution in [0.5, 0.6) is 0 Å². The summed E-state index contributed by atoms with van der Waals surface area (Å²) < 4.78 is 27.1. The Morgan fingerprint density at radius 3 is 1.11 bits per heavy atom. The predicted octanol–water partition coefficient (Wildman–Crippen LogP) is 5.00. The normalized spacial score (nSPS) is 10.2. The average Bonchev–Trinajstić information content (AvgIpc) is 3.21. The Hall–Kier alpha value is -3.01. The summed E-state index contributed by atoms with van der Waals surface area (Å²) in [5.41, 5.74) is 2.44.